The van der Waals surface area contributed by atoms with Crippen molar-refractivity contribution >= 4 is 33.0 Å². The average molecular weight is 308 g/mol. The van der Waals surface area contributed by atoms with E-state index < -0.39 is 0 Å². The van der Waals surface area contributed by atoms with Crippen LogP contribution in [0.3, 0.4) is 0 Å². The predicted octanol–water partition coefficient (Wildman–Crippen LogP) is 3.70. The lowest BCUT2D eigenvalue weighted by Gasteiger charge is -2.05. The van der Waals surface area contributed by atoms with E-state index in [9.17, 15) is 0 Å². The summed E-state index contributed by atoms with van der Waals surface area (Å²) < 4.78 is 0.806. The highest BCUT2D eigenvalue weighted by atomic mass is 79.9. The van der Waals surface area contributed by atoms with Crippen LogP contribution in [0.4, 0.5) is 5.69 Å². The van der Waals surface area contributed by atoms with Gasteiger partial charge in [-0.25, -0.2) is 4.98 Å². The van der Waals surface area contributed by atoms with Crippen molar-refractivity contribution in [1.29, 1.82) is 5.26 Å². The minimum atomic E-state index is 0.639. The Bertz CT molecular complexity index is 571. The van der Waals surface area contributed by atoms with Crippen molar-refractivity contribution in [3.05, 3.63) is 44.3 Å². The number of thiazole rings is 1. The second-order valence-corrected chi connectivity index (χ2v) is 5.70. The monoisotopic (exact) mass is 307 g/mol. The Morgan fingerprint density at radius 3 is 2.94 bits per heavy atom. The summed E-state index contributed by atoms with van der Waals surface area (Å²) in [6.45, 7) is 2.75. The third-order valence-electron chi connectivity index (χ3n) is 2.20. The Kier molecular flexibility index (Phi) is 3.77. The molecule has 0 spiro atoms. The molecule has 86 valence electrons. The van der Waals surface area contributed by atoms with Crippen LogP contribution < -0.4 is 5.32 Å². The molecule has 0 fully saturated rings. The van der Waals surface area contributed by atoms with Crippen LogP contribution >= 0.6 is 27.3 Å². The Labute approximate surface area is 112 Å². The molecular weight excluding hydrogens is 298 g/mol. The Morgan fingerprint density at radius 2 is 2.35 bits per heavy atom. The van der Waals surface area contributed by atoms with Crippen LogP contribution in [0.15, 0.2) is 28.9 Å². The fourth-order valence-corrected chi connectivity index (χ4v) is 2.57. The van der Waals surface area contributed by atoms with Gasteiger partial charge in [-0.1, -0.05) is 0 Å². The molecule has 0 aliphatic heterocycles. The molecule has 0 amide bonds. The molecule has 1 heterocycles. The number of halogens is 1. The van der Waals surface area contributed by atoms with E-state index in [4.69, 9.17) is 5.26 Å². The number of rotatable bonds is 3. The average Bonchev–Trinajstić information content (AvgIpc) is 2.73. The topological polar surface area (TPSA) is 48.7 Å². The van der Waals surface area contributed by atoms with Crippen molar-refractivity contribution < 1.29 is 0 Å². The fourth-order valence-electron chi connectivity index (χ4n) is 1.38. The van der Waals surface area contributed by atoms with Gasteiger partial charge in [0.25, 0.3) is 0 Å². The van der Waals surface area contributed by atoms with E-state index in [0.29, 0.717) is 12.1 Å². The van der Waals surface area contributed by atoms with Crippen molar-refractivity contribution in [1.82, 2.24) is 4.98 Å². The van der Waals surface area contributed by atoms with Gasteiger partial charge in [-0.15, -0.1) is 11.3 Å². The van der Waals surface area contributed by atoms with Crippen LogP contribution in [0, 0.1) is 18.3 Å². The summed E-state index contributed by atoms with van der Waals surface area (Å²) in [4.78, 5) is 5.49. The van der Waals surface area contributed by atoms with E-state index in [2.05, 4.69) is 32.3 Å². The second-order valence-electron chi connectivity index (χ2n) is 3.52. The molecule has 0 saturated carbocycles. The minimum absolute atomic E-state index is 0.639. The Morgan fingerprint density at radius 1 is 1.53 bits per heavy atom. The van der Waals surface area contributed by atoms with Crippen LogP contribution in [0.5, 0.6) is 0 Å². The third kappa shape index (κ3) is 3.05. The lowest BCUT2D eigenvalue weighted by atomic mass is 10.2. The molecule has 1 aromatic heterocycles. The maximum atomic E-state index is 8.81. The first kappa shape index (κ1) is 12.1. The van der Waals surface area contributed by atoms with Gasteiger partial charge in [-0.3, -0.25) is 0 Å². The first-order chi connectivity index (χ1) is 8.19. The molecule has 0 saturated heterocycles. The van der Waals surface area contributed by atoms with Crippen molar-refractivity contribution in [2.24, 2.45) is 0 Å². The molecule has 0 aliphatic rings. The Balaban J connectivity index is 2.05. The van der Waals surface area contributed by atoms with Crippen molar-refractivity contribution in [3.8, 4) is 6.07 Å². The summed E-state index contributed by atoms with van der Waals surface area (Å²) >= 11 is 5.04. The molecule has 1 N–H and O–H groups in total. The number of aryl methyl sites for hydroxylation is 1. The summed E-state index contributed by atoms with van der Waals surface area (Å²) in [5.74, 6) is 0. The zero-order chi connectivity index (χ0) is 12.3. The summed E-state index contributed by atoms with van der Waals surface area (Å²) in [7, 11) is 0. The highest BCUT2D eigenvalue weighted by molar-refractivity contribution is 9.10. The van der Waals surface area contributed by atoms with Gasteiger partial charge in [0.1, 0.15) is 11.1 Å². The third-order valence-corrected chi connectivity index (χ3v) is 3.77. The number of hydrogen-bond donors (Lipinski definition) is 1. The number of aromatic nitrogens is 1. The molecule has 2 rings (SSSR count). The van der Waals surface area contributed by atoms with Crippen LogP contribution in [0.25, 0.3) is 0 Å². The molecule has 0 atom stereocenters. The van der Waals surface area contributed by atoms with Crippen LogP contribution in [0.2, 0.25) is 0 Å². The van der Waals surface area contributed by atoms with E-state index in [0.717, 1.165) is 15.2 Å². The summed E-state index contributed by atoms with van der Waals surface area (Å²) in [6, 6.07) is 7.70. The summed E-state index contributed by atoms with van der Waals surface area (Å²) in [5.41, 5.74) is 1.62. The molecule has 5 heteroatoms. The van der Waals surface area contributed by atoms with E-state index >= 15 is 0 Å². The molecule has 17 heavy (non-hydrogen) atoms. The fraction of sp³-hybridized carbons (Fsp3) is 0.167. The van der Waals surface area contributed by atoms with Crippen LogP contribution in [-0.4, -0.2) is 4.98 Å². The molecular formula is C12H10BrN3S. The van der Waals surface area contributed by atoms with Crippen LogP contribution in [0.1, 0.15) is 15.4 Å². The molecule has 3 nitrogen and oxygen atoms in total. The molecule has 1 aromatic carbocycles. The van der Waals surface area contributed by atoms with Crippen molar-refractivity contribution in [3.63, 3.8) is 0 Å². The SMILES string of the molecule is Cc1cnc(CNc2ccc(C#N)c(Br)c2)s1. The summed E-state index contributed by atoms with van der Waals surface area (Å²) in [6.07, 6.45) is 1.87. The molecule has 0 radical (unpaired) electrons. The number of benzene rings is 1. The number of nitrogens with one attached hydrogen (secondary N) is 1. The van der Waals surface area contributed by atoms with Gasteiger partial charge in [0.05, 0.1) is 12.1 Å². The van der Waals surface area contributed by atoms with E-state index in [-0.39, 0.29) is 0 Å². The van der Waals surface area contributed by atoms with Gasteiger partial charge in [-0.2, -0.15) is 5.26 Å². The van der Waals surface area contributed by atoms with Crippen LogP contribution in [-0.2, 0) is 6.54 Å². The zero-order valence-corrected chi connectivity index (χ0v) is 11.6. The molecule has 2 aromatic rings. The molecule has 0 bridgehead atoms. The standard InChI is InChI=1S/C12H10BrN3S/c1-8-6-16-12(17-8)7-15-10-3-2-9(5-14)11(13)4-10/h2-4,6,15H,7H2,1H3. The lowest BCUT2D eigenvalue weighted by molar-refractivity contribution is 1.10. The second kappa shape index (κ2) is 5.30. The Hall–Kier alpha value is -1.38. The van der Waals surface area contributed by atoms with Gasteiger partial charge < -0.3 is 5.32 Å². The lowest BCUT2D eigenvalue weighted by Crippen LogP contribution is -1.98. The molecule has 0 aliphatic carbocycles. The minimum Gasteiger partial charge on any atom is -0.378 e. The van der Waals surface area contributed by atoms with Gasteiger partial charge in [0, 0.05) is 21.2 Å². The van der Waals surface area contributed by atoms with E-state index in [1.54, 1.807) is 17.4 Å². The first-order valence-corrected chi connectivity index (χ1v) is 6.65. The van der Waals surface area contributed by atoms with Gasteiger partial charge in [0.15, 0.2) is 0 Å². The zero-order valence-electron chi connectivity index (χ0n) is 9.20. The maximum absolute atomic E-state index is 8.81. The summed E-state index contributed by atoms with van der Waals surface area (Å²) in [5, 5.41) is 13.1. The highest BCUT2D eigenvalue weighted by Gasteiger charge is 2.02. The van der Waals surface area contributed by atoms with E-state index in [1.165, 1.54) is 4.88 Å². The number of nitrogens with zero attached hydrogens (tertiary/aromatic N) is 2. The first-order valence-electron chi connectivity index (χ1n) is 5.04. The van der Waals surface area contributed by atoms with Gasteiger partial charge in [0.2, 0.25) is 0 Å². The highest BCUT2D eigenvalue weighted by Crippen LogP contribution is 2.21. The predicted molar refractivity (Wildman–Crippen MR) is 73.0 cm³/mol. The van der Waals surface area contributed by atoms with Crippen molar-refractivity contribution in [2.45, 2.75) is 13.5 Å². The maximum Gasteiger partial charge on any atom is 0.112 e. The largest absolute Gasteiger partial charge is 0.378 e. The number of nitriles is 1. The van der Waals surface area contributed by atoms with Gasteiger partial charge >= 0.3 is 0 Å². The normalized spacial score (nSPS) is 9.94. The van der Waals surface area contributed by atoms with E-state index in [1.807, 2.05) is 25.3 Å². The number of anilines is 1. The van der Waals surface area contributed by atoms with Crippen molar-refractivity contribution in [2.75, 3.05) is 5.32 Å². The molecule has 0 unspecified atom stereocenters. The smallest absolute Gasteiger partial charge is 0.112 e. The quantitative estimate of drug-likeness (QED) is 0.940. The number of hydrogen-bond acceptors (Lipinski definition) is 4. The van der Waals surface area contributed by atoms with Gasteiger partial charge in [-0.05, 0) is 41.1 Å².